The third kappa shape index (κ3) is 3.98. The van der Waals surface area contributed by atoms with Crippen LogP contribution < -0.4 is 0 Å². The molecule has 0 aliphatic heterocycles. The summed E-state index contributed by atoms with van der Waals surface area (Å²) in [6.45, 7) is 5.69. The molecule has 54 valence electrons. The van der Waals surface area contributed by atoms with E-state index >= 15 is 0 Å². The Morgan fingerprint density at radius 1 is 1.40 bits per heavy atom. The maximum Gasteiger partial charge on any atom is 0.0684 e. The molecule has 0 atom stereocenters. The van der Waals surface area contributed by atoms with E-state index in [0.29, 0.717) is 0 Å². The fourth-order valence-electron chi connectivity index (χ4n) is 0.556. The highest BCUT2D eigenvalue weighted by Gasteiger charge is 2.14. The van der Waals surface area contributed by atoms with Crippen LogP contribution >= 0.6 is 0 Å². The molecule has 0 bridgehead atoms. The van der Waals surface area contributed by atoms with E-state index in [1.165, 1.54) is 0 Å². The number of nitriles is 1. The highest BCUT2D eigenvalue weighted by atomic mass is 14.3. The molecule has 0 radical (unpaired) electrons. The Hall–Kier alpha value is -0.950. The van der Waals surface area contributed by atoms with Gasteiger partial charge in [-0.3, -0.25) is 0 Å². The van der Waals surface area contributed by atoms with Crippen LogP contribution in [0.1, 0.15) is 33.6 Å². The van der Waals surface area contributed by atoms with Crippen molar-refractivity contribution < 1.29 is 0 Å². The zero-order valence-corrected chi connectivity index (χ0v) is 6.86. The lowest BCUT2D eigenvalue weighted by Gasteiger charge is -2.11. The molecule has 0 fully saturated rings. The summed E-state index contributed by atoms with van der Waals surface area (Å²) in [5.41, 5.74) is -0.205. The lowest BCUT2D eigenvalue weighted by atomic mass is 9.90. The predicted octanol–water partition coefficient (Wildman–Crippen LogP) is 2.34. The Bertz CT molecular complexity index is 185. The van der Waals surface area contributed by atoms with Crippen molar-refractivity contribution in [2.45, 2.75) is 33.6 Å². The van der Waals surface area contributed by atoms with E-state index in [-0.39, 0.29) is 5.41 Å². The molecule has 0 saturated carbocycles. The number of rotatable bonds is 2. The van der Waals surface area contributed by atoms with Gasteiger partial charge in [-0.1, -0.05) is 0 Å². The van der Waals surface area contributed by atoms with Gasteiger partial charge < -0.3 is 0 Å². The fraction of sp³-hybridized carbons (Fsp3) is 0.667. The second kappa shape index (κ2) is 3.96. The highest BCUT2D eigenvalue weighted by Crippen LogP contribution is 2.19. The van der Waals surface area contributed by atoms with Crippen LogP contribution in [0.25, 0.3) is 0 Å². The molecule has 1 heteroatoms. The van der Waals surface area contributed by atoms with Gasteiger partial charge in [0.2, 0.25) is 0 Å². The number of nitrogens with zero attached hydrogens (tertiary/aromatic N) is 1. The lowest BCUT2D eigenvalue weighted by molar-refractivity contribution is 0.460. The molecular weight excluding hydrogens is 122 g/mol. The zero-order chi connectivity index (χ0) is 8.04. The summed E-state index contributed by atoms with van der Waals surface area (Å²) in [7, 11) is 0. The summed E-state index contributed by atoms with van der Waals surface area (Å²) in [5, 5.41) is 8.60. The van der Waals surface area contributed by atoms with Gasteiger partial charge in [-0.25, -0.2) is 0 Å². The zero-order valence-electron chi connectivity index (χ0n) is 6.86. The van der Waals surface area contributed by atoms with Crippen molar-refractivity contribution in [3.05, 3.63) is 0 Å². The Labute approximate surface area is 63.1 Å². The average Bonchev–Trinajstić information content (AvgIpc) is 1.89. The first-order valence-electron chi connectivity index (χ1n) is 3.43. The smallest absolute Gasteiger partial charge is 0.0684 e. The number of hydrogen-bond acceptors (Lipinski definition) is 1. The molecule has 0 amide bonds. The molecule has 0 heterocycles. The molecule has 10 heavy (non-hydrogen) atoms. The van der Waals surface area contributed by atoms with Gasteiger partial charge in [0.1, 0.15) is 0 Å². The van der Waals surface area contributed by atoms with Crippen LogP contribution in [0.3, 0.4) is 0 Å². The molecule has 0 aromatic rings. The standard InChI is InChI=1S/C9H13N/c1-4-5-6-7-9(2,3)8-10/h6-7H2,1-3H3. The van der Waals surface area contributed by atoms with E-state index in [2.05, 4.69) is 17.9 Å². The average molecular weight is 135 g/mol. The van der Waals surface area contributed by atoms with E-state index in [0.717, 1.165) is 12.8 Å². The van der Waals surface area contributed by atoms with Gasteiger partial charge in [-0.05, 0) is 27.2 Å². The molecule has 0 aromatic heterocycles. The van der Waals surface area contributed by atoms with Crippen molar-refractivity contribution in [3.8, 4) is 17.9 Å². The maximum atomic E-state index is 8.60. The van der Waals surface area contributed by atoms with E-state index in [4.69, 9.17) is 5.26 Å². The monoisotopic (exact) mass is 135 g/mol. The molecule has 0 aliphatic rings. The SMILES string of the molecule is CC#CCCC(C)(C)C#N. The third-order valence-corrected chi connectivity index (χ3v) is 1.35. The summed E-state index contributed by atoms with van der Waals surface area (Å²) < 4.78 is 0. The van der Waals surface area contributed by atoms with E-state index < -0.39 is 0 Å². The van der Waals surface area contributed by atoms with Gasteiger partial charge in [0, 0.05) is 6.42 Å². The first kappa shape index (κ1) is 9.05. The first-order chi connectivity index (χ1) is 4.62. The number of hydrogen-bond donors (Lipinski definition) is 0. The second-order valence-electron chi connectivity index (χ2n) is 2.92. The van der Waals surface area contributed by atoms with Gasteiger partial charge >= 0.3 is 0 Å². The first-order valence-corrected chi connectivity index (χ1v) is 3.43. The van der Waals surface area contributed by atoms with Gasteiger partial charge in [-0.15, -0.1) is 11.8 Å². The Balaban J connectivity index is 3.67. The van der Waals surface area contributed by atoms with Gasteiger partial charge in [-0.2, -0.15) is 5.26 Å². The summed E-state index contributed by atoms with van der Waals surface area (Å²) in [6, 6.07) is 2.23. The van der Waals surface area contributed by atoms with E-state index in [1.54, 1.807) is 0 Å². The van der Waals surface area contributed by atoms with Gasteiger partial charge in [0.15, 0.2) is 0 Å². The van der Waals surface area contributed by atoms with E-state index in [9.17, 15) is 0 Å². The van der Waals surface area contributed by atoms with Crippen LogP contribution in [0.2, 0.25) is 0 Å². The maximum absolute atomic E-state index is 8.60. The molecule has 0 aliphatic carbocycles. The minimum absolute atomic E-state index is 0.205. The van der Waals surface area contributed by atoms with Crippen LogP contribution in [0.4, 0.5) is 0 Å². The quantitative estimate of drug-likeness (QED) is 0.533. The predicted molar refractivity (Wildman–Crippen MR) is 42.1 cm³/mol. The van der Waals surface area contributed by atoms with E-state index in [1.807, 2.05) is 20.8 Å². The summed E-state index contributed by atoms with van der Waals surface area (Å²) >= 11 is 0. The van der Waals surface area contributed by atoms with Crippen molar-refractivity contribution in [3.63, 3.8) is 0 Å². The molecule has 0 N–H and O–H groups in total. The van der Waals surface area contributed by atoms with Gasteiger partial charge in [0.25, 0.3) is 0 Å². The molecule has 0 rings (SSSR count). The normalized spacial score (nSPS) is 9.40. The van der Waals surface area contributed by atoms with Crippen LogP contribution in [0.15, 0.2) is 0 Å². The summed E-state index contributed by atoms with van der Waals surface area (Å²) in [5.74, 6) is 5.74. The van der Waals surface area contributed by atoms with Crippen LogP contribution in [-0.4, -0.2) is 0 Å². The summed E-state index contributed by atoms with van der Waals surface area (Å²) in [6.07, 6.45) is 1.70. The molecular formula is C9H13N. The lowest BCUT2D eigenvalue weighted by Crippen LogP contribution is -2.06. The van der Waals surface area contributed by atoms with Gasteiger partial charge in [0.05, 0.1) is 11.5 Å². The summed E-state index contributed by atoms with van der Waals surface area (Å²) in [4.78, 5) is 0. The fourth-order valence-corrected chi connectivity index (χ4v) is 0.556. The Morgan fingerprint density at radius 2 is 2.00 bits per heavy atom. The van der Waals surface area contributed by atoms with Crippen molar-refractivity contribution in [1.82, 2.24) is 0 Å². The van der Waals surface area contributed by atoms with Crippen molar-refractivity contribution in [1.29, 1.82) is 5.26 Å². The van der Waals surface area contributed by atoms with Crippen LogP contribution in [-0.2, 0) is 0 Å². The van der Waals surface area contributed by atoms with Crippen LogP contribution in [0, 0.1) is 28.6 Å². The largest absolute Gasteiger partial charge is 0.198 e. The Kier molecular flexibility index (Phi) is 3.59. The molecule has 1 nitrogen and oxygen atoms in total. The molecule has 0 unspecified atom stereocenters. The van der Waals surface area contributed by atoms with Crippen molar-refractivity contribution in [2.75, 3.05) is 0 Å². The second-order valence-corrected chi connectivity index (χ2v) is 2.92. The molecule has 0 spiro atoms. The minimum Gasteiger partial charge on any atom is -0.198 e. The van der Waals surface area contributed by atoms with Crippen molar-refractivity contribution >= 4 is 0 Å². The minimum atomic E-state index is -0.205. The highest BCUT2D eigenvalue weighted by molar-refractivity contribution is 4.99. The topological polar surface area (TPSA) is 23.8 Å². The van der Waals surface area contributed by atoms with Crippen molar-refractivity contribution in [2.24, 2.45) is 5.41 Å². The van der Waals surface area contributed by atoms with Crippen LogP contribution in [0.5, 0.6) is 0 Å². The molecule has 0 aromatic carbocycles. The third-order valence-electron chi connectivity index (χ3n) is 1.35. The molecule has 0 saturated heterocycles. The Morgan fingerprint density at radius 3 is 2.40 bits per heavy atom.